The SMILES string of the molecule is Cc1cccc(N2CCN(Cc3nc(-c4ccc([N+](=O)[O-])cc4)no3)CC2)c1C. The summed E-state index contributed by atoms with van der Waals surface area (Å²) in [7, 11) is 0. The lowest BCUT2D eigenvalue weighted by atomic mass is 10.1. The van der Waals surface area contributed by atoms with Crippen molar-refractivity contribution in [1.29, 1.82) is 0 Å². The first-order valence-electron chi connectivity index (χ1n) is 9.62. The number of aromatic nitrogens is 2. The van der Waals surface area contributed by atoms with E-state index in [9.17, 15) is 10.1 Å². The molecule has 2 heterocycles. The zero-order chi connectivity index (χ0) is 20.4. The van der Waals surface area contributed by atoms with Gasteiger partial charge in [0.2, 0.25) is 11.7 Å². The molecule has 0 saturated carbocycles. The first-order chi connectivity index (χ1) is 14.0. The van der Waals surface area contributed by atoms with E-state index in [4.69, 9.17) is 4.52 Å². The minimum atomic E-state index is -0.427. The van der Waals surface area contributed by atoms with Gasteiger partial charge in [0.05, 0.1) is 11.5 Å². The quantitative estimate of drug-likeness (QED) is 0.483. The zero-order valence-electron chi connectivity index (χ0n) is 16.5. The maximum atomic E-state index is 10.8. The third-order valence-corrected chi connectivity index (χ3v) is 5.45. The van der Waals surface area contributed by atoms with Crippen molar-refractivity contribution in [2.24, 2.45) is 0 Å². The lowest BCUT2D eigenvalue weighted by Crippen LogP contribution is -2.46. The molecule has 3 aromatic rings. The van der Waals surface area contributed by atoms with Crippen molar-refractivity contribution in [1.82, 2.24) is 15.0 Å². The van der Waals surface area contributed by atoms with Gasteiger partial charge in [-0.15, -0.1) is 0 Å². The molecule has 0 unspecified atom stereocenters. The van der Waals surface area contributed by atoms with Crippen LogP contribution in [0, 0.1) is 24.0 Å². The highest BCUT2D eigenvalue weighted by molar-refractivity contribution is 5.57. The van der Waals surface area contributed by atoms with Crippen LogP contribution in [0.4, 0.5) is 11.4 Å². The molecule has 1 aromatic heterocycles. The van der Waals surface area contributed by atoms with E-state index < -0.39 is 4.92 Å². The molecule has 0 N–H and O–H groups in total. The Hall–Kier alpha value is -3.26. The van der Waals surface area contributed by atoms with Crippen molar-refractivity contribution in [3.05, 3.63) is 69.6 Å². The second-order valence-electron chi connectivity index (χ2n) is 7.30. The van der Waals surface area contributed by atoms with Gasteiger partial charge in [0.15, 0.2) is 0 Å². The largest absolute Gasteiger partial charge is 0.369 e. The second kappa shape index (κ2) is 8.00. The Morgan fingerprint density at radius 3 is 2.48 bits per heavy atom. The minimum Gasteiger partial charge on any atom is -0.369 e. The third-order valence-electron chi connectivity index (χ3n) is 5.45. The lowest BCUT2D eigenvalue weighted by Gasteiger charge is -2.36. The first kappa shape index (κ1) is 19.1. The van der Waals surface area contributed by atoms with Gasteiger partial charge < -0.3 is 9.42 Å². The average molecular weight is 393 g/mol. The highest BCUT2D eigenvalue weighted by Crippen LogP contribution is 2.24. The number of rotatable bonds is 5. The Morgan fingerprint density at radius 2 is 1.79 bits per heavy atom. The van der Waals surface area contributed by atoms with Gasteiger partial charge in [0, 0.05) is 49.6 Å². The van der Waals surface area contributed by atoms with E-state index in [1.807, 2.05) is 0 Å². The molecule has 4 rings (SSSR count). The van der Waals surface area contributed by atoms with E-state index in [-0.39, 0.29) is 5.69 Å². The molecule has 29 heavy (non-hydrogen) atoms. The van der Waals surface area contributed by atoms with Crippen LogP contribution < -0.4 is 4.90 Å². The molecule has 1 aliphatic rings. The Morgan fingerprint density at radius 1 is 1.07 bits per heavy atom. The van der Waals surface area contributed by atoms with Crippen LogP contribution in [0.25, 0.3) is 11.4 Å². The van der Waals surface area contributed by atoms with Crippen LogP contribution in [0.2, 0.25) is 0 Å². The molecule has 0 spiro atoms. The number of nitro groups is 1. The number of nitro benzene ring substituents is 1. The van der Waals surface area contributed by atoms with Crippen molar-refractivity contribution in [2.75, 3.05) is 31.1 Å². The van der Waals surface area contributed by atoms with E-state index in [1.165, 1.54) is 28.9 Å². The molecule has 150 valence electrons. The fourth-order valence-corrected chi connectivity index (χ4v) is 3.58. The lowest BCUT2D eigenvalue weighted by molar-refractivity contribution is -0.384. The first-order valence-corrected chi connectivity index (χ1v) is 9.62. The molecule has 8 nitrogen and oxygen atoms in total. The monoisotopic (exact) mass is 393 g/mol. The Labute approximate surface area is 168 Å². The van der Waals surface area contributed by atoms with Crippen LogP contribution in [0.1, 0.15) is 17.0 Å². The summed E-state index contributed by atoms with van der Waals surface area (Å²) >= 11 is 0. The van der Waals surface area contributed by atoms with Crippen molar-refractivity contribution in [3.63, 3.8) is 0 Å². The van der Waals surface area contributed by atoms with E-state index in [1.54, 1.807) is 12.1 Å². The highest BCUT2D eigenvalue weighted by atomic mass is 16.6. The number of hydrogen-bond acceptors (Lipinski definition) is 7. The molecule has 2 aromatic carbocycles. The summed E-state index contributed by atoms with van der Waals surface area (Å²) in [6.07, 6.45) is 0. The number of nitrogens with zero attached hydrogens (tertiary/aromatic N) is 5. The third kappa shape index (κ3) is 4.12. The highest BCUT2D eigenvalue weighted by Gasteiger charge is 2.21. The van der Waals surface area contributed by atoms with Gasteiger partial charge in [-0.25, -0.2) is 0 Å². The summed E-state index contributed by atoms with van der Waals surface area (Å²) in [5, 5.41) is 14.8. The van der Waals surface area contributed by atoms with Gasteiger partial charge >= 0.3 is 0 Å². The molecule has 0 amide bonds. The predicted molar refractivity (Wildman–Crippen MR) is 110 cm³/mol. The smallest absolute Gasteiger partial charge is 0.269 e. The van der Waals surface area contributed by atoms with Crippen molar-refractivity contribution >= 4 is 11.4 Å². The molecule has 8 heteroatoms. The standard InChI is InChI=1S/C21H23N5O3/c1-15-4-3-5-19(16(15)2)25-12-10-24(11-13-25)14-20-22-21(23-29-20)17-6-8-18(9-7-17)26(27)28/h3-9H,10-14H2,1-2H3. The van der Waals surface area contributed by atoms with Crippen LogP contribution in [-0.4, -0.2) is 46.1 Å². The van der Waals surface area contributed by atoms with Gasteiger partial charge in [0.25, 0.3) is 5.69 Å². The molecule has 0 atom stereocenters. The fraction of sp³-hybridized carbons (Fsp3) is 0.333. The summed E-state index contributed by atoms with van der Waals surface area (Å²) in [6, 6.07) is 12.6. The number of aryl methyl sites for hydroxylation is 1. The molecular formula is C21H23N5O3. The molecule has 1 fully saturated rings. The number of anilines is 1. The Balaban J connectivity index is 1.36. The fourth-order valence-electron chi connectivity index (χ4n) is 3.58. The van der Waals surface area contributed by atoms with Crippen molar-refractivity contribution < 1.29 is 9.45 Å². The van der Waals surface area contributed by atoms with Gasteiger partial charge in [-0.05, 0) is 43.2 Å². The van der Waals surface area contributed by atoms with Gasteiger partial charge in [-0.2, -0.15) is 4.98 Å². The maximum Gasteiger partial charge on any atom is 0.269 e. The predicted octanol–water partition coefficient (Wildman–Crippen LogP) is 3.58. The van der Waals surface area contributed by atoms with E-state index in [0.29, 0.717) is 23.8 Å². The van der Waals surface area contributed by atoms with Gasteiger partial charge in [-0.3, -0.25) is 15.0 Å². The maximum absolute atomic E-state index is 10.8. The molecule has 1 saturated heterocycles. The summed E-state index contributed by atoms with van der Waals surface area (Å²) in [4.78, 5) is 19.5. The molecule has 0 bridgehead atoms. The Kier molecular flexibility index (Phi) is 5.26. The number of benzene rings is 2. The van der Waals surface area contributed by atoms with Crippen molar-refractivity contribution in [3.8, 4) is 11.4 Å². The number of hydrogen-bond donors (Lipinski definition) is 0. The molecule has 1 aliphatic heterocycles. The summed E-state index contributed by atoms with van der Waals surface area (Å²) in [5.74, 6) is 1.00. The second-order valence-corrected chi connectivity index (χ2v) is 7.30. The topological polar surface area (TPSA) is 88.5 Å². The average Bonchev–Trinajstić information content (AvgIpc) is 3.19. The van der Waals surface area contributed by atoms with Crippen LogP contribution in [0.15, 0.2) is 47.0 Å². The van der Waals surface area contributed by atoms with Crippen LogP contribution in [0.3, 0.4) is 0 Å². The normalized spacial score (nSPS) is 14.9. The molecule has 0 aliphatic carbocycles. The van der Waals surface area contributed by atoms with Crippen molar-refractivity contribution in [2.45, 2.75) is 20.4 Å². The minimum absolute atomic E-state index is 0.0409. The van der Waals surface area contributed by atoms with Crippen LogP contribution >= 0.6 is 0 Å². The zero-order valence-corrected chi connectivity index (χ0v) is 16.5. The summed E-state index contributed by atoms with van der Waals surface area (Å²) in [5.41, 5.74) is 4.70. The van der Waals surface area contributed by atoms with Crippen LogP contribution in [0.5, 0.6) is 0 Å². The number of non-ortho nitro benzene ring substituents is 1. The molecule has 0 radical (unpaired) electrons. The summed E-state index contributed by atoms with van der Waals surface area (Å²) < 4.78 is 5.40. The van der Waals surface area contributed by atoms with E-state index >= 15 is 0 Å². The van der Waals surface area contributed by atoms with E-state index in [0.717, 1.165) is 26.2 Å². The van der Waals surface area contributed by atoms with Gasteiger partial charge in [0.1, 0.15) is 0 Å². The molecular weight excluding hydrogens is 370 g/mol. The van der Waals surface area contributed by atoms with E-state index in [2.05, 4.69) is 52.0 Å². The van der Waals surface area contributed by atoms with Crippen LogP contribution in [-0.2, 0) is 6.54 Å². The van der Waals surface area contributed by atoms with Gasteiger partial charge in [-0.1, -0.05) is 17.3 Å². The Bertz CT molecular complexity index is 1010. The summed E-state index contributed by atoms with van der Waals surface area (Å²) in [6.45, 7) is 8.66. The number of piperazine rings is 1.